The van der Waals surface area contributed by atoms with Gasteiger partial charge < -0.3 is 19.4 Å². The third kappa shape index (κ3) is 4.12. The van der Waals surface area contributed by atoms with Crippen molar-refractivity contribution in [3.05, 3.63) is 26.9 Å². The molecule has 0 saturated carbocycles. The summed E-state index contributed by atoms with van der Waals surface area (Å²) in [5, 5.41) is 20.8. The minimum absolute atomic E-state index is 0.0349. The predicted octanol–water partition coefficient (Wildman–Crippen LogP) is 1.86. The third-order valence-corrected chi connectivity index (χ3v) is 9.99. The van der Waals surface area contributed by atoms with Crippen LogP contribution in [0.1, 0.15) is 32.6 Å². The second-order valence-electron chi connectivity index (χ2n) is 8.10. The molecule has 9 heteroatoms. The number of aromatic amines is 1. The highest BCUT2D eigenvalue weighted by Crippen LogP contribution is 2.38. The lowest BCUT2D eigenvalue weighted by Gasteiger charge is -2.37. The molecule has 0 radical (unpaired) electrons. The van der Waals surface area contributed by atoms with Crippen molar-refractivity contribution in [2.45, 2.75) is 70.4 Å². The molecule has 2 heterocycles. The zero-order valence-corrected chi connectivity index (χ0v) is 17.4. The van der Waals surface area contributed by atoms with Crippen LogP contribution >= 0.6 is 12.2 Å². The van der Waals surface area contributed by atoms with E-state index in [2.05, 4.69) is 38.8 Å². The molecule has 7 nitrogen and oxygen atoms in total. The molecular weight excluding hydrogens is 360 g/mol. The molecule has 0 aliphatic carbocycles. The van der Waals surface area contributed by atoms with Gasteiger partial charge in [0.05, 0.1) is 6.61 Å². The topological polar surface area (TPSA) is 96.7 Å². The fraction of sp³-hybridized carbons (Fsp3) is 0.750. The highest BCUT2D eigenvalue weighted by atomic mass is 32.1. The van der Waals surface area contributed by atoms with Crippen LogP contribution in [0.5, 0.6) is 0 Å². The SMILES string of the molecule is Cc1cn([C@@H]2O[C@H](CO[Si](C)(C)C(C)(C)C)[C@@H](O)[C@H]2O)c(=S)[nH]c1=O. The molecule has 0 spiro atoms. The Balaban J connectivity index is 2.18. The van der Waals surface area contributed by atoms with Crippen molar-refractivity contribution in [3.63, 3.8) is 0 Å². The number of aliphatic hydroxyl groups is 2. The summed E-state index contributed by atoms with van der Waals surface area (Å²) in [6, 6.07) is 0. The maximum absolute atomic E-state index is 11.6. The number of hydrogen-bond donors (Lipinski definition) is 3. The summed E-state index contributed by atoms with van der Waals surface area (Å²) in [6.07, 6.45) is -2.26. The monoisotopic (exact) mass is 388 g/mol. The van der Waals surface area contributed by atoms with Crippen LogP contribution in [-0.4, -0.2) is 53.0 Å². The predicted molar refractivity (Wildman–Crippen MR) is 99.7 cm³/mol. The first-order valence-electron chi connectivity index (χ1n) is 8.33. The fourth-order valence-electron chi connectivity index (χ4n) is 2.38. The van der Waals surface area contributed by atoms with Gasteiger partial charge in [0, 0.05) is 11.8 Å². The summed E-state index contributed by atoms with van der Waals surface area (Å²) < 4.78 is 13.5. The number of aromatic nitrogens is 2. The van der Waals surface area contributed by atoms with Crippen molar-refractivity contribution < 1.29 is 19.4 Å². The average molecular weight is 389 g/mol. The minimum atomic E-state index is -2.00. The number of nitrogens with one attached hydrogen (secondary N) is 1. The van der Waals surface area contributed by atoms with Gasteiger partial charge in [0.15, 0.2) is 19.3 Å². The summed E-state index contributed by atoms with van der Waals surface area (Å²) in [4.78, 5) is 14.2. The van der Waals surface area contributed by atoms with E-state index in [9.17, 15) is 15.0 Å². The van der Waals surface area contributed by atoms with Crippen LogP contribution in [-0.2, 0) is 9.16 Å². The van der Waals surface area contributed by atoms with Gasteiger partial charge in [-0.05, 0) is 37.3 Å². The smallest absolute Gasteiger partial charge is 0.254 e. The lowest BCUT2D eigenvalue weighted by atomic mass is 10.1. The average Bonchev–Trinajstić information content (AvgIpc) is 2.76. The van der Waals surface area contributed by atoms with Crippen LogP contribution in [0, 0.1) is 11.7 Å². The van der Waals surface area contributed by atoms with Gasteiger partial charge >= 0.3 is 0 Å². The second-order valence-corrected chi connectivity index (χ2v) is 13.3. The van der Waals surface area contributed by atoms with Gasteiger partial charge in [-0.15, -0.1) is 0 Å². The van der Waals surface area contributed by atoms with Gasteiger partial charge in [-0.3, -0.25) is 14.3 Å². The molecule has 3 N–H and O–H groups in total. The molecule has 0 bridgehead atoms. The van der Waals surface area contributed by atoms with Crippen LogP contribution in [0.3, 0.4) is 0 Å². The van der Waals surface area contributed by atoms with Crippen LogP contribution in [0.4, 0.5) is 0 Å². The molecule has 0 amide bonds. The first-order valence-corrected chi connectivity index (χ1v) is 11.6. The van der Waals surface area contributed by atoms with E-state index in [1.807, 2.05) is 0 Å². The van der Waals surface area contributed by atoms with Gasteiger partial charge in [0.25, 0.3) is 5.56 Å². The Morgan fingerprint density at radius 2 is 1.96 bits per heavy atom. The Morgan fingerprint density at radius 3 is 2.52 bits per heavy atom. The van der Waals surface area contributed by atoms with E-state index in [0.717, 1.165) is 0 Å². The van der Waals surface area contributed by atoms with E-state index >= 15 is 0 Å². The Labute approximate surface area is 153 Å². The van der Waals surface area contributed by atoms with Crippen molar-refractivity contribution in [3.8, 4) is 0 Å². The van der Waals surface area contributed by atoms with Crippen LogP contribution in [0.25, 0.3) is 0 Å². The molecular formula is C16H28N2O5SSi. The summed E-state index contributed by atoms with van der Waals surface area (Å²) in [5.74, 6) is 0. The Kier molecular flexibility index (Phi) is 5.77. The highest BCUT2D eigenvalue weighted by molar-refractivity contribution is 7.71. The van der Waals surface area contributed by atoms with Gasteiger partial charge in [0.1, 0.15) is 18.3 Å². The van der Waals surface area contributed by atoms with E-state index in [1.165, 1.54) is 10.8 Å². The van der Waals surface area contributed by atoms with Gasteiger partial charge in [0.2, 0.25) is 0 Å². The summed E-state index contributed by atoms with van der Waals surface area (Å²) in [7, 11) is -2.00. The van der Waals surface area contributed by atoms with Crippen LogP contribution in [0.2, 0.25) is 18.1 Å². The molecule has 1 aliphatic rings. The van der Waals surface area contributed by atoms with E-state index < -0.39 is 32.9 Å². The molecule has 25 heavy (non-hydrogen) atoms. The maximum Gasteiger partial charge on any atom is 0.254 e. The molecule has 1 aliphatic heterocycles. The quantitative estimate of drug-likeness (QED) is 0.538. The molecule has 0 unspecified atom stereocenters. The molecule has 0 aromatic carbocycles. The normalized spacial score (nSPS) is 27.7. The van der Waals surface area contributed by atoms with Crippen LogP contribution < -0.4 is 5.56 Å². The molecule has 1 fully saturated rings. The second kappa shape index (κ2) is 7.05. The van der Waals surface area contributed by atoms with Gasteiger partial charge in [-0.2, -0.15) is 0 Å². The number of rotatable bonds is 4. The first kappa shape index (κ1) is 20.5. The van der Waals surface area contributed by atoms with E-state index in [1.54, 1.807) is 6.92 Å². The molecule has 2 rings (SSSR count). The molecule has 1 aromatic rings. The zero-order valence-electron chi connectivity index (χ0n) is 15.6. The van der Waals surface area contributed by atoms with E-state index in [0.29, 0.717) is 5.56 Å². The van der Waals surface area contributed by atoms with Crippen molar-refractivity contribution in [1.82, 2.24) is 9.55 Å². The van der Waals surface area contributed by atoms with Gasteiger partial charge in [-0.1, -0.05) is 20.8 Å². The largest absolute Gasteiger partial charge is 0.414 e. The van der Waals surface area contributed by atoms with Crippen LogP contribution in [0.15, 0.2) is 11.0 Å². The fourth-order valence-corrected chi connectivity index (χ4v) is 3.64. The van der Waals surface area contributed by atoms with E-state index in [-0.39, 0.29) is 22.0 Å². The number of aryl methyl sites for hydroxylation is 1. The number of nitrogens with zero attached hydrogens (tertiary/aromatic N) is 1. The third-order valence-electron chi connectivity index (χ3n) is 5.17. The summed E-state index contributed by atoms with van der Waals surface area (Å²) >= 11 is 5.15. The number of hydrogen-bond acceptors (Lipinski definition) is 6. The lowest BCUT2D eigenvalue weighted by Crippen LogP contribution is -2.44. The summed E-state index contributed by atoms with van der Waals surface area (Å²) in [6.45, 7) is 12.5. The highest BCUT2D eigenvalue weighted by Gasteiger charge is 2.46. The Bertz CT molecular complexity index is 739. The van der Waals surface area contributed by atoms with Crippen molar-refractivity contribution in [1.29, 1.82) is 0 Å². The zero-order chi connectivity index (χ0) is 19.2. The van der Waals surface area contributed by atoms with Crippen molar-refractivity contribution in [2.24, 2.45) is 0 Å². The molecule has 4 atom stereocenters. The maximum atomic E-state index is 11.6. The minimum Gasteiger partial charge on any atom is -0.414 e. The first-order chi connectivity index (χ1) is 11.3. The number of H-pyrrole nitrogens is 1. The lowest BCUT2D eigenvalue weighted by molar-refractivity contribution is -0.0523. The van der Waals surface area contributed by atoms with E-state index in [4.69, 9.17) is 21.4 Å². The number of aliphatic hydroxyl groups excluding tert-OH is 2. The Morgan fingerprint density at radius 1 is 1.36 bits per heavy atom. The van der Waals surface area contributed by atoms with Crippen molar-refractivity contribution in [2.75, 3.05) is 6.61 Å². The molecule has 142 valence electrons. The Hall–Kier alpha value is -0.843. The van der Waals surface area contributed by atoms with Gasteiger partial charge in [-0.25, -0.2) is 0 Å². The summed E-state index contributed by atoms with van der Waals surface area (Å²) in [5.41, 5.74) is 0.159. The molecule has 1 aromatic heterocycles. The number of ether oxygens (including phenoxy) is 1. The molecule has 1 saturated heterocycles. The van der Waals surface area contributed by atoms with Crippen molar-refractivity contribution >= 4 is 20.5 Å². The standard InChI is InChI=1S/C16H28N2O5SSi/c1-9-7-18(15(24)17-13(9)21)14-12(20)11(19)10(23-14)8-22-25(5,6)16(2,3)4/h7,10-12,14,19-20H,8H2,1-6H3,(H,17,21,24)/t10-,11-,12-,14-/m1/s1.